The van der Waals surface area contributed by atoms with E-state index in [4.69, 9.17) is 23.7 Å². The molecule has 0 aliphatic heterocycles. The predicted molar refractivity (Wildman–Crippen MR) is 158 cm³/mol. The molecule has 0 spiro atoms. The maximum atomic E-state index is 13.9. The molecule has 1 unspecified atom stereocenters. The van der Waals surface area contributed by atoms with Gasteiger partial charge in [0.1, 0.15) is 23.4 Å². The molecule has 2 heterocycles. The topological polar surface area (TPSA) is 81.0 Å². The van der Waals surface area contributed by atoms with Crippen LogP contribution in [-0.2, 0) is 17.4 Å². The van der Waals surface area contributed by atoms with Crippen LogP contribution < -0.4 is 29.2 Å². The molecular weight excluding hydrogens is 516 g/mol. The second-order valence-corrected chi connectivity index (χ2v) is 10.6. The van der Waals surface area contributed by atoms with Crippen LogP contribution in [0.15, 0.2) is 76.6 Å². The molecule has 0 amide bonds. The molecule has 3 rings (SSSR count). The molecule has 1 atom stereocenters. The van der Waals surface area contributed by atoms with Crippen LogP contribution in [0.25, 0.3) is 11.0 Å². The number of hydrogen-bond acceptors (Lipinski definition) is 7. The van der Waals surface area contributed by atoms with E-state index >= 15 is 0 Å². The van der Waals surface area contributed by atoms with Crippen molar-refractivity contribution in [3.63, 3.8) is 0 Å². The first-order valence-corrected chi connectivity index (χ1v) is 14.3. The first-order valence-electron chi connectivity index (χ1n) is 12.5. The van der Waals surface area contributed by atoms with Crippen LogP contribution in [0.1, 0.15) is 13.3 Å². The van der Waals surface area contributed by atoms with E-state index < -0.39 is 10.9 Å². The molecule has 0 fully saturated rings. The number of methoxy groups -OCH3 is 4. The van der Waals surface area contributed by atoms with Crippen molar-refractivity contribution in [2.75, 3.05) is 47.1 Å². The van der Waals surface area contributed by atoms with Crippen LogP contribution in [0.3, 0.4) is 0 Å². The van der Waals surface area contributed by atoms with Crippen molar-refractivity contribution < 1.29 is 23.7 Å². The van der Waals surface area contributed by atoms with Crippen LogP contribution in [-0.4, -0.2) is 56.6 Å². The second-order valence-electron chi connectivity index (χ2n) is 8.49. The Bertz CT molecular complexity index is 1390. The average Bonchev–Trinajstić information content (AvgIpc) is 2.97. The van der Waals surface area contributed by atoms with Gasteiger partial charge in [-0.3, -0.25) is 9.36 Å². The van der Waals surface area contributed by atoms with Gasteiger partial charge in [-0.1, -0.05) is 30.9 Å². The lowest BCUT2D eigenvalue weighted by Gasteiger charge is -2.16. The van der Waals surface area contributed by atoms with E-state index in [1.807, 2.05) is 37.3 Å². The first-order chi connectivity index (χ1) is 18.9. The van der Waals surface area contributed by atoms with Crippen molar-refractivity contribution in [1.82, 2.24) is 9.55 Å². The number of rotatable bonds is 14. The van der Waals surface area contributed by atoms with Crippen molar-refractivity contribution in [3.8, 4) is 28.7 Å². The van der Waals surface area contributed by atoms with E-state index in [0.717, 1.165) is 23.1 Å². The minimum atomic E-state index is -0.409. The summed E-state index contributed by atoms with van der Waals surface area (Å²) in [6.45, 7) is 6.54. The third-order valence-electron chi connectivity index (χ3n) is 6.14. The highest BCUT2D eigenvalue weighted by molar-refractivity contribution is 7.96. The van der Waals surface area contributed by atoms with E-state index in [-0.39, 0.29) is 5.56 Å². The van der Waals surface area contributed by atoms with E-state index in [2.05, 4.69) is 17.8 Å². The molecule has 0 bridgehead atoms. The predicted octanol–water partition coefficient (Wildman–Crippen LogP) is 5.20. The van der Waals surface area contributed by atoms with Crippen molar-refractivity contribution in [2.45, 2.75) is 24.8 Å². The van der Waals surface area contributed by atoms with Crippen molar-refractivity contribution >= 4 is 21.9 Å². The first kappa shape index (κ1) is 29.7. The molecule has 3 aromatic rings. The summed E-state index contributed by atoms with van der Waals surface area (Å²) in [5.41, 5.74) is 1.48. The second kappa shape index (κ2) is 14.3. The Kier molecular flexibility index (Phi) is 10.9. The van der Waals surface area contributed by atoms with Gasteiger partial charge >= 0.3 is 5.56 Å². The molecule has 8 nitrogen and oxygen atoms in total. The number of aromatic nitrogens is 2. The highest BCUT2D eigenvalue weighted by Crippen LogP contribution is 2.40. The number of hydrogen-bond donors (Lipinski definition) is 0. The standard InChI is InChI=1S/C30H37N2O6S/c1-8-10-13-21(9-2)20-32-29-23(14-11-15-31-29)26(36-5)28(30(32)33)39(7)17-12-16-38-22-18-24(34-3)27(37-6)25(19-22)35-4/h8-11,13-15,18-19H,1,12,16-17,20H2,2-7H3/q+1/b13-10-,21-9+. The molecular formula is C30H37N2O6S+. The van der Waals surface area contributed by atoms with Gasteiger partial charge in [-0.05, 0) is 24.6 Å². The fourth-order valence-corrected chi connectivity index (χ4v) is 5.88. The Balaban J connectivity index is 1.86. The van der Waals surface area contributed by atoms with Crippen molar-refractivity contribution in [1.29, 1.82) is 0 Å². The summed E-state index contributed by atoms with van der Waals surface area (Å²) in [5.74, 6) is 3.51. The molecule has 0 aliphatic rings. The zero-order chi connectivity index (χ0) is 28.4. The zero-order valence-electron chi connectivity index (χ0n) is 23.5. The molecule has 39 heavy (non-hydrogen) atoms. The van der Waals surface area contributed by atoms with Crippen LogP contribution in [0.2, 0.25) is 0 Å². The Labute approximate surface area is 232 Å². The summed E-state index contributed by atoms with van der Waals surface area (Å²) in [6.07, 6.45) is 12.0. The Hall–Kier alpha value is -3.85. The van der Waals surface area contributed by atoms with Crippen molar-refractivity contribution in [2.24, 2.45) is 0 Å². The van der Waals surface area contributed by atoms with Gasteiger partial charge in [0.05, 0.1) is 47.0 Å². The average molecular weight is 554 g/mol. The minimum Gasteiger partial charge on any atom is -0.493 e. The highest BCUT2D eigenvalue weighted by atomic mass is 32.2. The lowest BCUT2D eigenvalue weighted by Crippen LogP contribution is -2.29. The minimum absolute atomic E-state index is 0.0965. The van der Waals surface area contributed by atoms with Gasteiger partial charge in [-0.2, -0.15) is 0 Å². The van der Waals surface area contributed by atoms with Gasteiger partial charge in [0.2, 0.25) is 5.75 Å². The van der Waals surface area contributed by atoms with E-state index in [0.29, 0.717) is 52.4 Å². The summed E-state index contributed by atoms with van der Waals surface area (Å²) in [5, 5.41) is 0.811. The number of fused-ring (bicyclic) bond motifs is 1. The normalized spacial score (nSPS) is 12.4. The van der Waals surface area contributed by atoms with Gasteiger partial charge < -0.3 is 23.7 Å². The molecule has 0 aliphatic carbocycles. The smallest absolute Gasteiger partial charge is 0.311 e. The highest BCUT2D eigenvalue weighted by Gasteiger charge is 2.30. The third kappa shape index (κ3) is 6.78. The lowest BCUT2D eigenvalue weighted by molar-refractivity contribution is 0.299. The number of benzene rings is 1. The summed E-state index contributed by atoms with van der Waals surface area (Å²) in [7, 11) is 5.89. The molecule has 0 saturated heterocycles. The quantitative estimate of drug-likeness (QED) is 0.154. The Morgan fingerprint density at radius 3 is 2.36 bits per heavy atom. The number of nitrogens with zero attached hydrogens (tertiary/aromatic N) is 2. The number of ether oxygens (including phenoxy) is 5. The van der Waals surface area contributed by atoms with E-state index in [1.54, 1.807) is 57.4 Å². The van der Waals surface area contributed by atoms with Crippen LogP contribution >= 0.6 is 0 Å². The SMILES string of the molecule is C=C/C=C\C(=C/C)Cn1c(=O)c([S+](C)CCCOc2cc(OC)c(OC)c(OC)c2)c(OC)c2cccnc21. The number of pyridine rings is 2. The number of allylic oxidation sites excluding steroid dienone is 5. The summed E-state index contributed by atoms with van der Waals surface area (Å²) >= 11 is 0. The largest absolute Gasteiger partial charge is 0.493 e. The van der Waals surface area contributed by atoms with E-state index in [1.165, 1.54) is 0 Å². The van der Waals surface area contributed by atoms with Gasteiger partial charge in [0.15, 0.2) is 17.2 Å². The van der Waals surface area contributed by atoms with E-state index in [9.17, 15) is 4.79 Å². The molecule has 0 N–H and O–H groups in total. The van der Waals surface area contributed by atoms with Gasteiger partial charge in [0.25, 0.3) is 4.90 Å². The summed E-state index contributed by atoms with van der Waals surface area (Å²) in [6, 6.07) is 7.34. The third-order valence-corrected chi connectivity index (χ3v) is 8.10. The van der Waals surface area contributed by atoms with Crippen LogP contribution in [0, 0.1) is 0 Å². The van der Waals surface area contributed by atoms with Gasteiger partial charge in [-0.25, -0.2) is 4.98 Å². The fraction of sp³-hybridized carbons (Fsp3) is 0.333. The maximum Gasteiger partial charge on any atom is 0.311 e. The molecule has 9 heteroatoms. The molecule has 2 aromatic heterocycles. The van der Waals surface area contributed by atoms with Gasteiger partial charge in [0, 0.05) is 35.6 Å². The maximum absolute atomic E-state index is 13.9. The van der Waals surface area contributed by atoms with Crippen LogP contribution in [0.5, 0.6) is 28.7 Å². The molecule has 0 radical (unpaired) electrons. The molecule has 208 valence electrons. The molecule has 1 aromatic carbocycles. The van der Waals surface area contributed by atoms with Gasteiger partial charge in [-0.15, -0.1) is 0 Å². The van der Waals surface area contributed by atoms with Crippen LogP contribution in [0.4, 0.5) is 0 Å². The summed E-state index contributed by atoms with van der Waals surface area (Å²) < 4.78 is 29.7. The molecule has 0 saturated carbocycles. The monoisotopic (exact) mass is 553 g/mol. The zero-order valence-corrected chi connectivity index (χ0v) is 24.3. The lowest BCUT2D eigenvalue weighted by atomic mass is 10.2. The Morgan fingerprint density at radius 1 is 1.08 bits per heavy atom. The summed E-state index contributed by atoms with van der Waals surface area (Å²) in [4.78, 5) is 19.1. The Morgan fingerprint density at radius 2 is 1.77 bits per heavy atom. The fourth-order valence-electron chi connectivity index (χ4n) is 4.21. The van der Waals surface area contributed by atoms with Crippen molar-refractivity contribution in [3.05, 3.63) is 77.3 Å².